The summed E-state index contributed by atoms with van der Waals surface area (Å²) >= 11 is 5.94. The second-order valence-electron chi connectivity index (χ2n) is 3.68. The number of nitrogens with one attached hydrogen (secondary N) is 2. The zero-order valence-corrected chi connectivity index (χ0v) is 11.2. The molecule has 2 rings (SSSR count). The van der Waals surface area contributed by atoms with Crippen LogP contribution in [0, 0.1) is 6.92 Å². The lowest BCUT2D eigenvalue weighted by atomic mass is 10.2. The van der Waals surface area contributed by atoms with Crippen LogP contribution in [0.3, 0.4) is 0 Å². The second-order valence-corrected chi connectivity index (χ2v) is 4.09. The number of halogens is 1. The molecule has 100 valence electrons. The van der Waals surface area contributed by atoms with Crippen LogP contribution in [0.1, 0.15) is 23.1 Å². The predicted molar refractivity (Wildman–Crippen MR) is 70.4 cm³/mol. The van der Waals surface area contributed by atoms with Gasteiger partial charge in [-0.25, -0.2) is 4.98 Å². The third kappa shape index (κ3) is 3.19. The first-order valence-corrected chi connectivity index (χ1v) is 5.99. The van der Waals surface area contributed by atoms with Gasteiger partial charge in [0.05, 0.1) is 10.6 Å². The molecule has 0 aromatic carbocycles. The van der Waals surface area contributed by atoms with E-state index in [0.29, 0.717) is 18.2 Å². The minimum absolute atomic E-state index is 0.0281. The van der Waals surface area contributed by atoms with Crippen molar-refractivity contribution >= 4 is 29.3 Å². The van der Waals surface area contributed by atoms with Gasteiger partial charge in [-0.3, -0.25) is 10.1 Å². The Hall–Kier alpha value is -2.15. The van der Waals surface area contributed by atoms with E-state index in [1.165, 1.54) is 6.20 Å². The van der Waals surface area contributed by atoms with Crippen molar-refractivity contribution in [1.82, 2.24) is 15.1 Å². The van der Waals surface area contributed by atoms with Crippen molar-refractivity contribution in [1.29, 1.82) is 0 Å². The Morgan fingerprint density at radius 1 is 1.53 bits per heavy atom. The molecule has 2 aromatic rings. The minimum atomic E-state index is -0.435. The number of anilines is 2. The molecule has 8 heteroatoms. The number of hydrogen-bond acceptors (Lipinski definition) is 6. The SMILES string of the molecule is CCNc1cc(C(=O)Nc2nc(C)no2)c(Cl)cn1. The maximum Gasteiger partial charge on any atom is 0.328 e. The molecule has 0 aliphatic rings. The molecule has 7 nitrogen and oxygen atoms in total. The molecule has 1 amide bonds. The quantitative estimate of drug-likeness (QED) is 0.891. The number of aromatic nitrogens is 3. The van der Waals surface area contributed by atoms with Crippen LogP contribution in [0.15, 0.2) is 16.8 Å². The molecular formula is C11H12ClN5O2. The molecule has 0 atom stereocenters. The predicted octanol–water partition coefficient (Wildman–Crippen LogP) is 2.11. The third-order valence-corrected chi connectivity index (χ3v) is 2.51. The van der Waals surface area contributed by atoms with Crippen molar-refractivity contribution in [2.75, 3.05) is 17.2 Å². The van der Waals surface area contributed by atoms with Crippen LogP contribution in [-0.2, 0) is 0 Å². The summed E-state index contributed by atoms with van der Waals surface area (Å²) in [5.74, 6) is 0.568. The summed E-state index contributed by atoms with van der Waals surface area (Å²) in [5, 5.41) is 9.29. The molecule has 0 aliphatic heterocycles. The smallest absolute Gasteiger partial charge is 0.328 e. The number of amides is 1. The van der Waals surface area contributed by atoms with Gasteiger partial charge in [-0.05, 0) is 19.9 Å². The van der Waals surface area contributed by atoms with E-state index >= 15 is 0 Å². The topological polar surface area (TPSA) is 92.9 Å². The molecule has 0 aliphatic carbocycles. The van der Waals surface area contributed by atoms with Gasteiger partial charge in [-0.15, -0.1) is 0 Å². The van der Waals surface area contributed by atoms with Gasteiger partial charge in [-0.1, -0.05) is 16.8 Å². The first kappa shape index (κ1) is 13.3. The van der Waals surface area contributed by atoms with Crippen molar-refractivity contribution in [3.63, 3.8) is 0 Å². The van der Waals surface area contributed by atoms with E-state index in [1.807, 2.05) is 6.92 Å². The van der Waals surface area contributed by atoms with E-state index in [-0.39, 0.29) is 16.6 Å². The molecule has 2 heterocycles. The van der Waals surface area contributed by atoms with Crippen molar-refractivity contribution in [3.8, 4) is 0 Å². The van der Waals surface area contributed by atoms with Crippen LogP contribution < -0.4 is 10.6 Å². The summed E-state index contributed by atoms with van der Waals surface area (Å²) in [7, 11) is 0. The second kappa shape index (κ2) is 5.66. The lowest BCUT2D eigenvalue weighted by Gasteiger charge is -2.06. The Balaban J connectivity index is 2.20. The van der Waals surface area contributed by atoms with Crippen LogP contribution in [0.25, 0.3) is 0 Å². The van der Waals surface area contributed by atoms with E-state index in [2.05, 4.69) is 25.8 Å². The third-order valence-electron chi connectivity index (χ3n) is 2.21. The van der Waals surface area contributed by atoms with Gasteiger partial charge in [0.15, 0.2) is 5.82 Å². The van der Waals surface area contributed by atoms with Gasteiger partial charge in [0.25, 0.3) is 5.91 Å². The number of carbonyl (C=O) groups is 1. The van der Waals surface area contributed by atoms with Crippen LogP contribution in [0.4, 0.5) is 11.8 Å². The highest BCUT2D eigenvalue weighted by Gasteiger charge is 2.15. The first-order valence-electron chi connectivity index (χ1n) is 5.61. The van der Waals surface area contributed by atoms with Crippen molar-refractivity contribution in [3.05, 3.63) is 28.7 Å². The molecule has 0 bridgehead atoms. The number of aryl methyl sites for hydroxylation is 1. The summed E-state index contributed by atoms with van der Waals surface area (Å²) in [6, 6.07) is 1.59. The molecular weight excluding hydrogens is 270 g/mol. The van der Waals surface area contributed by atoms with Gasteiger partial charge in [0.1, 0.15) is 5.82 Å². The molecule has 2 aromatic heterocycles. The van der Waals surface area contributed by atoms with Gasteiger partial charge < -0.3 is 9.84 Å². The average molecular weight is 282 g/mol. The number of pyridine rings is 1. The molecule has 0 saturated carbocycles. The fourth-order valence-corrected chi connectivity index (χ4v) is 1.59. The van der Waals surface area contributed by atoms with E-state index in [9.17, 15) is 4.79 Å². The fraction of sp³-hybridized carbons (Fsp3) is 0.273. The highest BCUT2D eigenvalue weighted by Crippen LogP contribution is 2.19. The number of hydrogen-bond donors (Lipinski definition) is 2. The minimum Gasteiger partial charge on any atom is -0.370 e. The summed E-state index contributed by atoms with van der Waals surface area (Å²) in [6.45, 7) is 4.28. The molecule has 0 unspecified atom stereocenters. The van der Waals surface area contributed by atoms with Crippen molar-refractivity contribution in [2.24, 2.45) is 0 Å². The van der Waals surface area contributed by atoms with E-state index in [0.717, 1.165) is 0 Å². The molecule has 19 heavy (non-hydrogen) atoms. The van der Waals surface area contributed by atoms with Crippen LogP contribution >= 0.6 is 11.6 Å². The molecule has 0 radical (unpaired) electrons. The fourth-order valence-electron chi connectivity index (χ4n) is 1.40. The van der Waals surface area contributed by atoms with E-state index in [4.69, 9.17) is 16.1 Å². The zero-order chi connectivity index (χ0) is 13.8. The average Bonchev–Trinajstić information content (AvgIpc) is 2.77. The lowest BCUT2D eigenvalue weighted by molar-refractivity contribution is 0.102. The number of carbonyl (C=O) groups excluding carboxylic acids is 1. The molecule has 0 saturated heterocycles. The van der Waals surface area contributed by atoms with Gasteiger partial charge in [-0.2, -0.15) is 4.98 Å². The normalized spacial score (nSPS) is 10.3. The van der Waals surface area contributed by atoms with Crippen LogP contribution in [0.2, 0.25) is 5.02 Å². The molecule has 0 spiro atoms. The Labute approximate surface area is 114 Å². The van der Waals surface area contributed by atoms with Crippen LogP contribution in [-0.4, -0.2) is 27.6 Å². The van der Waals surface area contributed by atoms with Gasteiger partial charge in [0, 0.05) is 12.7 Å². The Bertz CT molecular complexity index is 599. The summed E-state index contributed by atoms with van der Waals surface area (Å²) in [6.07, 6.45) is 1.41. The molecule has 2 N–H and O–H groups in total. The summed E-state index contributed by atoms with van der Waals surface area (Å²) in [5.41, 5.74) is 0.281. The van der Waals surface area contributed by atoms with Gasteiger partial charge in [0.2, 0.25) is 0 Å². The summed E-state index contributed by atoms with van der Waals surface area (Å²) < 4.78 is 4.81. The standard InChI is InChI=1S/C11H12ClN5O2/c1-3-13-9-4-7(8(12)5-14-9)10(18)16-11-15-6(2)17-19-11/h4-5H,3H2,1-2H3,(H,13,14)(H,15,16,17,18). The summed E-state index contributed by atoms with van der Waals surface area (Å²) in [4.78, 5) is 20.0. The van der Waals surface area contributed by atoms with Crippen molar-refractivity contribution in [2.45, 2.75) is 13.8 Å². The Kier molecular flexibility index (Phi) is 3.96. The van der Waals surface area contributed by atoms with Crippen LogP contribution in [0.5, 0.6) is 0 Å². The zero-order valence-electron chi connectivity index (χ0n) is 10.4. The maximum absolute atomic E-state index is 12.0. The number of rotatable bonds is 4. The number of nitrogens with zero attached hydrogens (tertiary/aromatic N) is 3. The van der Waals surface area contributed by atoms with Gasteiger partial charge >= 0.3 is 6.01 Å². The Morgan fingerprint density at radius 3 is 2.95 bits per heavy atom. The maximum atomic E-state index is 12.0. The monoisotopic (exact) mass is 281 g/mol. The largest absolute Gasteiger partial charge is 0.370 e. The van der Waals surface area contributed by atoms with E-state index < -0.39 is 5.91 Å². The molecule has 0 fully saturated rings. The lowest BCUT2D eigenvalue weighted by Crippen LogP contribution is -2.14. The highest BCUT2D eigenvalue weighted by molar-refractivity contribution is 6.34. The van der Waals surface area contributed by atoms with Crippen molar-refractivity contribution < 1.29 is 9.32 Å². The van der Waals surface area contributed by atoms with E-state index in [1.54, 1.807) is 13.0 Å². The Morgan fingerprint density at radius 2 is 2.32 bits per heavy atom. The first-order chi connectivity index (χ1) is 9.10. The highest BCUT2D eigenvalue weighted by atomic mass is 35.5.